The fourth-order valence-electron chi connectivity index (χ4n) is 3.85. The number of amides is 1. The summed E-state index contributed by atoms with van der Waals surface area (Å²) in [5, 5.41) is 2.84. The molecule has 1 heterocycles. The zero-order valence-corrected chi connectivity index (χ0v) is 13.1. The molecular formula is C16H27NO3. The first-order valence-electron chi connectivity index (χ1n) is 7.74. The summed E-state index contributed by atoms with van der Waals surface area (Å²) in [6.45, 7) is 8.99. The van der Waals surface area contributed by atoms with Crippen LogP contribution in [0.25, 0.3) is 0 Å². The molecule has 1 N–H and O–H groups in total. The standard InChI is InChI=1S/C16H27NO3/c1-5-20-14(19)13-16(10-12(18)17-13)8-6-11(7-9-16)15(2,3)4/h11,13H,5-10H2,1-4H3,(H,17,18). The van der Waals surface area contributed by atoms with Gasteiger partial charge < -0.3 is 10.1 Å². The van der Waals surface area contributed by atoms with Crippen molar-refractivity contribution in [2.75, 3.05) is 6.61 Å². The zero-order valence-electron chi connectivity index (χ0n) is 13.1. The fraction of sp³-hybridized carbons (Fsp3) is 0.875. The van der Waals surface area contributed by atoms with Crippen molar-refractivity contribution in [3.05, 3.63) is 0 Å². The van der Waals surface area contributed by atoms with Gasteiger partial charge in [0.15, 0.2) is 0 Å². The molecule has 1 unspecified atom stereocenters. The molecule has 2 aliphatic rings. The molecule has 1 spiro atoms. The Morgan fingerprint density at radius 1 is 1.35 bits per heavy atom. The van der Waals surface area contributed by atoms with E-state index >= 15 is 0 Å². The predicted molar refractivity (Wildman–Crippen MR) is 77.0 cm³/mol. The van der Waals surface area contributed by atoms with Gasteiger partial charge in [-0.1, -0.05) is 20.8 Å². The molecule has 0 aromatic heterocycles. The lowest BCUT2D eigenvalue weighted by molar-refractivity contribution is -0.149. The van der Waals surface area contributed by atoms with E-state index in [4.69, 9.17) is 4.74 Å². The maximum atomic E-state index is 12.1. The Kier molecular flexibility index (Phi) is 4.12. The first kappa shape index (κ1) is 15.3. The first-order chi connectivity index (χ1) is 9.28. The summed E-state index contributed by atoms with van der Waals surface area (Å²) in [5.74, 6) is 0.413. The van der Waals surface area contributed by atoms with E-state index in [1.54, 1.807) is 6.92 Å². The highest BCUT2D eigenvalue weighted by molar-refractivity contribution is 5.90. The molecule has 0 aromatic carbocycles. The maximum absolute atomic E-state index is 12.1. The summed E-state index contributed by atoms with van der Waals surface area (Å²) in [6, 6.07) is -0.434. The van der Waals surface area contributed by atoms with Crippen LogP contribution in [0.3, 0.4) is 0 Å². The second kappa shape index (κ2) is 5.38. The van der Waals surface area contributed by atoms with E-state index in [2.05, 4.69) is 26.1 Å². The lowest BCUT2D eigenvalue weighted by Gasteiger charge is -2.43. The SMILES string of the molecule is CCOC(=O)C1NC(=O)CC12CCC(C(C)(C)C)CC2. The van der Waals surface area contributed by atoms with Crippen LogP contribution in [0, 0.1) is 16.7 Å². The van der Waals surface area contributed by atoms with Crippen molar-refractivity contribution < 1.29 is 14.3 Å². The highest BCUT2D eigenvalue weighted by Gasteiger charge is 2.53. The smallest absolute Gasteiger partial charge is 0.329 e. The van der Waals surface area contributed by atoms with Crippen LogP contribution in [0.15, 0.2) is 0 Å². The van der Waals surface area contributed by atoms with E-state index in [0.29, 0.717) is 24.4 Å². The van der Waals surface area contributed by atoms with Gasteiger partial charge in [0.05, 0.1) is 6.61 Å². The van der Waals surface area contributed by atoms with Crippen molar-refractivity contribution in [3.8, 4) is 0 Å². The van der Waals surface area contributed by atoms with Crippen molar-refractivity contribution in [2.24, 2.45) is 16.7 Å². The minimum Gasteiger partial charge on any atom is -0.464 e. The Labute approximate surface area is 121 Å². The molecule has 20 heavy (non-hydrogen) atoms. The minimum absolute atomic E-state index is 0.00254. The third kappa shape index (κ3) is 2.84. The number of hydrogen-bond acceptors (Lipinski definition) is 3. The van der Waals surface area contributed by atoms with Crippen LogP contribution in [0.2, 0.25) is 0 Å². The number of nitrogens with one attached hydrogen (secondary N) is 1. The second-order valence-corrected chi connectivity index (χ2v) is 7.43. The van der Waals surface area contributed by atoms with E-state index in [0.717, 1.165) is 25.7 Å². The third-order valence-electron chi connectivity index (χ3n) is 5.16. The summed E-state index contributed by atoms with van der Waals surface area (Å²) in [5.41, 5.74) is 0.0994. The molecule has 1 saturated carbocycles. The fourth-order valence-corrected chi connectivity index (χ4v) is 3.85. The van der Waals surface area contributed by atoms with E-state index < -0.39 is 6.04 Å². The average molecular weight is 281 g/mol. The summed E-state index contributed by atoms with van der Waals surface area (Å²) < 4.78 is 5.14. The number of carbonyl (C=O) groups is 2. The van der Waals surface area contributed by atoms with Crippen LogP contribution in [0.5, 0.6) is 0 Å². The molecule has 2 rings (SSSR count). The van der Waals surface area contributed by atoms with Gasteiger partial charge in [-0.05, 0) is 43.9 Å². The van der Waals surface area contributed by atoms with Gasteiger partial charge in [0, 0.05) is 11.8 Å². The topological polar surface area (TPSA) is 55.4 Å². The Balaban J connectivity index is 2.10. The number of hydrogen-bond donors (Lipinski definition) is 1. The molecule has 0 aromatic rings. The van der Waals surface area contributed by atoms with Gasteiger partial charge in [0.2, 0.25) is 5.91 Å². The van der Waals surface area contributed by atoms with Crippen LogP contribution in [-0.2, 0) is 14.3 Å². The molecule has 4 nitrogen and oxygen atoms in total. The predicted octanol–water partition coefficient (Wildman–Crippen LogP) is 2.66. The molecular weight excluding hydrogens is 254 g/mol. The van der Waals surface area contributed by atoms with Gasteiger partial charge in [-0.15, -0.1) is 0 Å². The molecule has 1 aliphatic heterocycles. The van der Waals surface area contributed by atoms with Gasteiger partial charge in [-0.2, -0.15) is 0 Å². The van der Waals surface area contributed by atoms with Gasteiger partial charge >= 0.3 is 5.97 Å². The van der Waals surface area contributed by atoms with Gasteiger partial charge in [-0.3, -0.25) is 4.79 Å². The first-order valence-corrected chi connectivity index (χ1v) is 7.74. The quantitative estimate of drug-likeness (QED) is 0.792. The Morgan fingerprint density at radius 3 is 2.45 bits per heavy atom. The maximum Gasteiger partial charge on any atom is 0.329 e. The summed E-state index contributed by atoms with van der Waals surface area (Å²) in [7, 11) is 0. The van der Waals surface area contributed by atoms with Crippen molar-refractivity contribution in [2.45, 2.75) is 65.8 Å². The van der Waals surface area contributed by atoms with E-state index in [1.807, 2.05) is 0 Å². The van der Waals surface area contributed by atoms with Crippen molar-refractivity contribution >= 4 is 11.9 Å². The third-order valence-corrected chi connectivity index (χ3v) is 5.16. The molecule has 2 fully saturated rings. The van der Waals surface area contributed by atoms with E-state index in [1.165, 1.54) is 0 Å². The molecule has 114 valence electrons. The van der Waals surface area contributed by atoms with Gasteiger partial charge in [0.1, 0.15) is 6.04 Å². The summed E-state index contributed by atoms with van der Waals surface area (Å²) in [4.78, 5) is 23.9. The van der Waals surface area contributed by atoms with E-state index in [9.17, 15) is 9.59 Å². The van der Waals surface area contributed by atoms with Crippen LogP contribution in [0.1, 0.15) is 59.8 Å². The largest absolute Gasteiger partial charge is 0.464 e. The lowest BCUT2D eigenvalue weighted by atomic mass is 9.61. The molecule has 1 amide bonds. The van der Waals surface area contributed by atoms with Crippen molar-refractivity contribution in [3.63, 3.8) is 0 Å². The Bertz CT molecular complexity index is 389. The molecule has 1 saturated heterocycles. The molecule has 1 atom stereocenters. The Morgan fingerprint density at radius 2 is 1.95 bits per heavy atom. The summed E-state index contributed by atoms with van der Waals surface area (Å²) >= 11 is 0. The molecule has 0 radical (unpaired) electrons. The monoisotopic (exact) mass is 281 g/mol. The second-order valence-electron chi connectivity index (χ2n) is 7.43. The number of carbonyl (C=O) groups excluding carboxylic acids is 2. The Hall–Kier alpha value is -1.06. The van der Waals surface area contributed by atoms with Crippen LogP contribution in [0.4, 0.5) is 0 Å². The average Bonchev–Trinajstić information content (AvgIpc) is 2.66. The molecule has 0 bridgehead atoms. The molecule has 4 heteroatoms. The van der Waals surface area contributed by atoms with E-state index in [-0.39, 0.29) is 17.3 Å². The summed E-state index contributed by atoms with van der Waals surface area (Å²) in [6.07, 6.45) is 4.55. The van der Waals surface area contributed by atoms with Crippen LogP contribution < -0.4 is 5.32 Å². The van der Waals surface area contributed by atoms with Crippen molar-refractivity contribution in [1.82, 2.24) is 5.32 Å². The highest BCUT2D eigenvalue weighted by Crippen LogP contribution is 2.50. The van der Waals surface area contributed by atoms with Gasteiger partial charge in [0.25, 0.3) is 0 Å². The minimum atomic E-state index is -0.434. The highest BCUT2D eigenvalue weighted by atomic mass is 16.5. The van der Waals surface area contributed by atoms with Gasteiger partial charge in [-0.25, -0.2) is 4.79 Å². The number of ether oxygens (including phenoxy) is 1. The molecule has 1 aliphatic carbocycles. The normalized spacial score (nSPS) is 34.1. The van der Waals surface area contributed by atoms with Crippen LogP contribution in [-0.4, -0.2) is 24.5 Å². The van der Waals surface area contributed by atoms with Crippen molar-refractivity contribution in [1.29, 1.82) is 0 Å². The lowest BCUT2D eigenvalue weighted by Crippen LogP contribution is -2.47. The van der Waals surface area contributed by atoms with Crippen LogP contribution >= 0.6 is 0 Å². The number of rotatable bonds is 2. The zero-order chi connectivity index (χ0) is 15.0. The number of esters is 1.